The highest BCUT2D eigenvalue weighted by atomic mass is 32.2. The Morgan fingerprint density at radius 2 is 1.97 bits per heavy atom. The van der Waals surface area contributed by atoms with Gasteiger partial charge in [0.1, 0.15) is 5.76 Å². The number of ether oxygens (including phenoxy) is 3. The SMILES string of the molecule is COC(=O)c1ccc(C(=O)OC)c(NC(=O)CSc2nnc(-c3ccoc3C)n2CC2CCCO2)c1. The van der Waals surface area contributed by atoms with Crippen LogP contribution in [0.3, 0.4) is 0 Å². The van der Waals surface area contributed by atoms with Crippen LogP contribution in [0.2, 0.25) is 0 Å². The van der Waals surface area contributed by atoms with E-state index in [2.05, 4.69) is 15.5 Å². The summed E-state index contributed by atoms with van der Waals surface area (Å²) in [5.41, 5.74) is 1.26. The summed E-state index contributed by atoms with van der Waals surface area (Å²) in [6.07, 6.45) is 3.55. The third kappa shape index (κ3) is 5.60. The van der Waals surface area contributed by atoms with E-state index in [1.807, 2.05) is 17.6 Å². The number of aromatic nitrogens is 3. The van der Waals surface area contributed by atoms with E-state index in [4.69, 9.17) is 18.6 Å². The summed E-state index contributed by atoms with van der Waals surface area (Å²) in [5.74, 6) is -0.312. The molecule has 1 amide bonds. The Balaban J connectivity index is 1.53. The minimum absolute atomic E-state index is 0.0168. The molecule has 3 aromatic rings. The zero-order valence-corrected chi connectivity index (χ0v) is 20.9. The molecule has 1 atom stereocenters. The highest BCUT2D eigenvalue weighted by Crippen LogP contribution is 2.29. The number of thioether (sulfide) groups is 1. The summed E-state index contributed by atoms with van der Waals surface area (Å²) < 4.78 is 22.7. The van der Waals surface area contributed by atoms with E-state index in [9.17, 15) is 14.4 Å². The monoisotopic (exact) mass is 514 g/mol. The molecule has 0 saturated carbocycles. The molecule has 4 rings (SSSR count). The summed E-state index contributed by atoms with van der Waals surface area (Å²) in [6, 6.07) is 6.03. The molecule has 11 nitrogen and oxygen atoms in total. The molecular formula is C24H26N4O7S. The first-order valence-corrected chi connectivity index (χ1v) is 12.2. The van der Waals surface area contributed by atoms with E-state index in [0.29, 0.717) is 29.9 Å². The van der Waals surface area contributed by atoms with Gasteiger partial charge in [-0.15, -0.1) is 10.2 Å². The fourth-order valence-electron chi connectivity index (χ4n) is 3.87. The van der Waals surface area contributed by atoms with Crippen LogP contribution in [0.25, 0.3) is 11.4 Å². The topological polar surface area (TPSA) is 135 Å². The van der Waals surface area contributed by atoms with Gasteiger partial charge in [0.25, 0.3) is 0 Å². The van der Waals surface area contributed by atoms with Crippen LogP contribution in [-0.4, -0.2) is 65.3 Å². The number of benzene rings is 1. The number of carbonyl (C=O) groups is 3. The van der Waals surface area contributed by atoms with E-state index >= 15 is 0 Å². The van der Waals surface area contributed by atoms with E-state index in [1.54, 1.807) is 6.26 Å². The van der Waals surface area contributed by atoms with Gasteiger partial charge in [-0.05, 0) is 44.0 Å². The van der Waals surface area contributed by atoms with Crippen molar-refractivity contribution in [2.24, 2.45) is 0 Å². The maximum Gasteiger partial charge on any atom is 0.339 e. The number of amides is 1. The summed E-state index contributed by atoms with van der Waals surface area (Å²) in [5, 5.41) is 11.9. The average Bonchev–Trinajstić information content (AvgIpc) is 3.64. The zero-order valence-electron chi connectivity index (χ0n) is 20.1. The maximum atomic E-state index is 12.8. The lowest BCUT2D eigenvalue weighted by molar-refractivity contribution is -0.113. The molecule has 1 fully saturated rings. The first-order valence-electron chi connectivity index (χ1n) is 11.2. The van der Waals surface area contributed by atoms with Gasteiger partial charge in [-0.1, -0.05) is 11.8 Å². The van der Waals surface area contributed by atoms with Gasteiger partial charge in [0, 0.05) is 6.61 Å². The molecule has 0 spiro atoms. The highest BCUT2D eigenvalue weighted by molar-refractivity contribution is 7.99. The molecule has 1 aliphatic heterocycles. The fraction of sp³-hybridized carbons (Fsp3) is 0.375. The number of nitrogens with one attached hydrogen (secondary N) is 1. The van der Waals surface area contributed by atoms with Crippen molar-refractivity contribution in [1.82, 2.24) is 14.8 Å². The molecule has 1 N–H and O–H groups in total. The number of esters is 2. The second-order valence-electron chi connectivity index (χ2n) is 8.02. The first kappa shape index (κ1) is 25.5. The molecule has 0 aliphatic carbocycles. The molecule has 2 aromatic heterocycles. The number of carbonyl (C=O) groups excluding carboxylic acids is 3. The van der Waals surface area contributed by atoms with Crippen molar-refractivity contribution in [2.75, 3.05) is 31.9 Å². The van der Waals surface area contributed by atoms with Crippen LogP contribution < -0.4 is 5.32 Å². The minimum Gasteiger partial charge on any atom is -0.469 e. The van der Waals surface area contributed by atoms with E-state index in [-0.39, 0.29) is 28.7 Å². The van der Waals surface area contributed by atoms with E-state index in [0.717, 1.165) is 18.4 Å². The number of hydrogen-bond donors (Lipinski definition) is 1. The van der Waals surface area contributed by atoms with Gasteiger partial charge in [0.2, 0.25) is 5.91 Å². The van der Waals surface area contributed by atoms with Crippen LogP contribution in [0.5, 0.6) is 0 Å². The minimum atomic E-state index is -0.647. The second kappa shape index (κ2) is 11.4. The van der Waals surface area contributed by atoms with Crippen molar-refractivity contribution in [3.63, 3.8) is 0 Å². The van der Waals surface area contributed by atoms with Crippen molar-refractivity contribution in [3.8, 4) is 11.4 Å². The van der Waals surface area contributed by atoms with Crippen LogP contribution in [0.15, 0.2) is 40.1 Å². The molecule has 1 aromatic carbocycles. The van der Waals surface area contributed by atoms with Crippen molar-refractivity contribution >= 4 is 35.3 Å². The summed E-state index contributed by atoms with van der Waals surface area (Å²) in [4.78, 5) is 36.9. The average molecular weight is 515 g/mol. The van der Waals surface area contributed by atoms with Gasteiger partial charge in [0.15, 0.2) is 11.0 Å². The molecule has 1 saturated heterocycles. The molecule has 0 bridgehead atoms. The van der Waals surface area contributed by atoms with Gasteiger partial charge in [0.05, 0.1) is 61.3 Å². The first-order chi connectivity index (χ1) is 17.4. The number of aryl methyl sites for hydroxylation is 1. The van der Waals surface area contributed by atoms with Gasteiger partial charge < -0.3 is 23.9 Å². The van der Waals surface area contributed by atoms with Crippen LogP contribution in [0.4, 0.5) is 5.69 Å². The van der Waals surface area contributed by atoms with Crippen molar-refractivity contribution in [1.29, 1.82) is 0 Å². The Hall–Kier alpha value is -3.64. The Morgan fingerprint density at radius 1 is 1.17 bits per heavy atom. The molecule has 1 aliphatic rings. The molecule has 0 radical (unpaired) electrons. The largest absolute Gasteiger partial charge is 0.469 e. The summed E-state index contributed by atoms with van der Waals surface area (Å²) in [7, 11) is 2.48. The summed E-state index contributed by atoms with van der Waals surface area (Å²) in [6.45, 7) is 3.11. The molecule has 12 heteroatoms. The Bertz CT molecular complexity index is 1260. The van der Waals surface area contributed by atoms with Crippen molar-refractivity contribution in [2.45, 2.75) is 37.6 Å². The predicted molar refractivity (Wildman–Crippen MR) is 130 cm³/mol. The number of nitrogens with zero attached hydrogens (tertiary/aromatic N) is 3. The zero-order chi connectivity index (χ0) is 25.7. The fourth-order valence-corrected chi connectivity index (χ4v) is 4.61. The van der Waals surface area contributed by atoms with Crippen LogP contribution in [0, 0.1) is 6.92 Å². The van der Waals surface area contributed by atoms with Crippen LogP contribution in [-0.2, 0) is 25.5 Å². The lowest BCUT2D eigenvalue weighted by Gasteiger charge is -2.15. The number of furan rings is 1. The number of hydrogen-bond acceptors (Lipinski definition) is 10. The molecule has 36 heavy (non-hydrogen) atoms. The molecule has 190 valence electrons. The van der Waals surface area contributed by atoms with Crippen molar-refractivity contribution < 1.29 is 33.0 Å². The predicted octanol–water partition coefficient (Wildman–Crippen LogP) is 3.33. The number of methoxy groups -OCH3 is 2. The standard InChI is InChI=1S/C24H26N4O7S/c1-14-17(8-10-34-14)21-26-27-24(28(21)12-16-5-4-9-35-16)36-13-20(29)25-19-11-15(22(30)32-2)6-7-18(19)23(31)33-3/h6-8,10-11,16H,4-5,9,12-13H2,1-3H3,(H,25,29). The van der Waals surface area contributed by atoms with E-state index < -0.39 is 17.8 Å². The van der Waals surface area contributed by atoms with Gasteiger partial charge in [-0.2, -0.15) is 0 Å². The maximum absolute atomic E-state index is 12.8. The Morgan fingerprint density at radius 3 is 2.64 bits per heavy atom. The van der Waals surface area contributed by atoms with Crippen molar-refractivity contribution in [3.05, 3.63) is 47.4 Å². The van der Waals surface area contributed by atoms with Gasteiger partial charge >= 0.3 is 11.9 Å². The third-order valence-electron chi connectivity index (χ3n) is 5.68. The third-order valence-corrected chi connectivity index (χ3v) is 6.65. The quantitative estimate of drug-likeness (QED) is 0.335. The Labute approximate surface area is 211 Å². The normalized spacial score (nSPS) is 15.0. The highest BCUT2D eigenvalue weighted by Gasteiger charge is 2.24. The molecule has 3 heterocycles. The van der Waals surface area contributed by atoms with E-state index in [1.165, 1.54) is 44.2 Å². The van der Waals surface area contributed by atoms with Gasteiger partial charge in [-0.25, -0.2) is 9.59 Å². The lowest BCUT2D eigenvalue weighted by Crippen LogP contribution is -2.19. The van der Waals surface area contributed by atoms with Crippen LogP contribution in [0.1, 0.15) is 39.3 Å². The smallest absolute Gasteiger partial charge is 0.339 e. The molecular weight excluding hydrogens is 488 g/mol. The van der Waals surface area contributed by atoms with Crippen LogP contribution >= 0.6 is 11.8 Å². The summed E-state index contributed by atoms with van der Waals surface area (Å²) >= 11 is 1.20. The molecule has 1 unspecified atom stereocenters. The number of anilines is 1. The Kier molecular flexibility index (Phi) is 8.06. The second-order valence-corrected chi connectivity index (χ2v) is 8.97. The van der Waals surface area contributed by atoms with Gasteiger partial charge in [-0.3, -0.25) is 9.36 Å². The number of rotatable bonds is 9. The lowest BCUT2D eigenvalue weighted by atomic mass is 10.1.